The lowest BCUT2D eigenvalue weighted by Gasteiger charge is -2.27. The van der Waals surface area contributed by atoms with Crippen LogP contribution in [0.1, 0.15) is 40.0 Å². The molecular weight excluding hydrogens is 358 g/mol. The molecule has 142 valence electrons. The van der Waals surface area contributed by atoms with Crippen LogP contribution in [0.15, 0.2) is 18.2 Å². The number of carboxylic acids is 1. The number of carbonyl (C=O) groups excluding carboxylic acids is 4. The van der Waals surface area contributed by atoms with Gasteiger partial charge in [-0.3, -0.25) is 34.2 Å². The summed E-state index contributed by atoms with van der Waals surface area (Å²) >= 11 is 0. The molecule has 4 N–H and O–H groups in total. The molecule has 4 amide bonds. The number of amides is 4. The van der Waals surface area contributed by atoms with Crippen LogP contribution in [0.2, 0.25) is 0 Å². The third kappa shape index (κ3) is 3.38. The van der Waals surface area contributed by atoms with Gasteiger partial charge in [0.15, 0.2) is 0 Å². The summed E-state index contributed by atoms with van der Waals surface area (Å²) < 4.78 is 5.47. The smallest absolute Gasteiger partial charge is 0.320 e. The summed E-state index contributed by atoms with van der Waals surface area (Å²) in [6.07, 6.45) is 0.0953. The van der Waals surface area contributed by atoms with E-state index in [1.165, 1.54) is 18.2 Å². The third-order valence-corrected chi connectivity index (χ3v) is 4.43. The molecule has 2 aliphatic heterocycles. The first-order valence-electron chi connectivity index (χ1n) is 8.27. The summed E-state index contributed by atoms with van der Waals surface area (Å²) in [5.41, 5.74) is 5.51. The molecule has 10 heteroatoms. The lowest BCUT2D eigenvalue weighted by molar-refractivity contribution is -0.139. The number of fused-ring (bicyclic) bond motifs is 1. The van der Waals surface area contributed by atoms with Crippen molar-refractivity contribution in [3.05, 3.63) is 29.3 Å². The lowest BCUT2D eigenvalue weighted by atomic mass is 10.0. The van der Waals surface area contributed by atoms with Crippen LogP contribution in [0.4, 0.5) is 0 Å². The molecule has 0 radical (unpaired) electrons. The Bertz CT molecular complexity index is 851. The van der Waals surface area contributed by atoms with Crippen molar-refractivity contribution in [2.24, 2.45) is 5.73 Å². The topological polar surface area (TPSA) is 156 Å². The van der Waals surface area contributed by atoms with Gasteiger partial charge in [0, 0.05) is 12.8 Å². The SMILES string of the molecule is N[C@@H](CCOc1cccc2c1C(=O)N(C1CCC(=O)NC1=O)C2=O)C(=O)O. The molecule has 1 aromatic carbocycles. The molecular formula is C17H17N3O7. The van der Waals surface area contributed by atoms with Crippen LogP contribution in [0, 0.1) is 0 Å². The van der Waals surface area contributed by atoms with Gasteiger partial charge in [0.2, 0.25) is 11.8 Å². The molecule has 0 aliphatic carbocycles. The molecule has 1 unspecified atom stereocenters. The normalized spacial score (nSPS) is 20.3. The number of hydrogen-bond donors (Lipinski definition) is 3. The van der Waals surface area contributed by atoms with Gasteiger partial charge in [0.05, 0.1) is 17.7 Å². The largest absolute Gasteiger partial charge is 0.493 e. The highest BCUT2D eigenvalue weighted by molar-refractivity contribution is 6.24. The number of nitrogens with one attached hydrogen (secondary N) is 1. The van der Waals surface area contributed by atoms with E-state index in [2.05, 4.69) is 5.32 Å². The summed E-state index contributed by atoms with van der Waals surface area (Å²) in [4.78, 5) is 60.4. The highest BCUT2D eigenvalue weighted by Crippen LogP contribution is 2.33. The Labute approximate surface area is 153 Å². The van der Waals surface area contributed by atoms with Gasteiger partial charge in [-0.05, 0) is 18.6 Å². The molecule has 2 atom stereocenters. The number of aliphatic carboxylic acids is 1. The molecule has 27 heavy (non-hydrogen) atoms. The fraction of sp³-hybridized carbons (Fsp3) is 0.353. The quantitative estimate of drug-likeness (QED) is 0.549. The number of piperidine rings is 1. The lowest BCUT2D eigenvalue weighted by Crippen LogP contribution is -2.54. The van der Waals surface area contributed by atoms with E-state index in [9.17, 15) is 24.0 Å². The number of carboxylic acid groups (broad SMARTS) is 1. The van der Waals surface area contributed by atoms with Crippen LogP contribution in [0.3, 0.4) is 0 Å². The Morgan fingerprint density at radius 1 is 1.30 bits per heavy atom. The molecule has 0 aromatic heterocycles. The summed E-state index contributed by atoms with van der Waals surface area (Å²) in [6, 6.07) is 2.26. The highest BCUT2D eigenvalue weighted by Gasteiger charge is 2.45. The van der Waals surface area contributed by atoms with Crippen LogP contribution < -0.4 is 15.8 Å². The zero-order valence-corrected chi connectivity index (χ0v) is 14.1. The second-order valence-electron chi connectivity index (χ2n) is 6.21. The van der Waals surface area contributed by atoms with Crippen molar-refractivity contribution in [2.75, 3.05) is 6.61 Å². The number of imide groups is 2. The minimum Gasteiger partial charge on any atom is -0.493 e. The number of nitrogens with zero attached hydrogens (tertiary/aromatic N) is 1. The second-order valence-corrected chi connectivity index (χ2v) is 6.21. The number of nitrogens with two attached hydrogens (primary N) is 1. The van der Waals surface area contributed by atoms with Gasteiger partial charge < -0.3 is 15.6 Å². The maximum Gasteiger partial charge on any atom is 0.320 e. The minimum atomic E-state index is -1.17. The number of hydrogen-bond acceptors (Lipinski definition) is 7. The second kappa shape index (κ2) is 7.16. The van der Waals surface area contributed by atoms with Gasteiger partial charge in [0.25, 0.3) is 11.8 Å². The molecule has 2 aliphatic rings. The van der Waals surface area contributed by atoms with E-state index in [0.717, 1.165) is 4.90 Å². The van der Waals surface area contributed by atoms with Gasteiger partial charge in [-0.25, -0.2) is 0 Å². The molecule has 1 saturated heterocycles. The monoisotopic (exact) mass is 375 g/mol. The molecule has 1 fully saturated rings. The highest BCUT2D eigenvalue weighted by atomic mass is 16.5. The molecule has 0 spiro atoms. The van der Waals surface area contributed by atoms with E-state index in [-0.39, 0.29) is 42.7 Å². The predicted octanol–water partition coefficient (Wildman–Crippen LogP) is -0.731. The summed E-state index contributed by atoms with van der Waals surface area (Å²) in [7, 11) is 0. The summed E-state index contributed by atoms with van der Waals surface area (Å²) in [5.74, 6) is -3.55. The van der Waals surface area contributed by atoms with E-state index in [1.54, 1.807) is 0 Å². The van der Waals surface area contributed by atoms with E-state index in [0.29, 0.717) is 0 Å². The van der Waals surface area contributed by atoms with Gasteiger partial charge in [-0.15, -0.1) is 0 Å². The van der Waals surface area contributed by atoms with E-state index in [4.69, 9.17) is 15.6 Å². The average molecular weight is 375 g/mol. The first-order valence-corrected chi connectivity index (χ1v) is 8.27. The average Bonchev–Trinajstić information content (AvgIpc) is 2.87. The van der Waals surface area contributed by atoms with Crippen LogP contribution in [0.5, 0.6) is 5.75 Å². The Morgan fingerprint density at radius 3 is 2.70 bits per heavy atom. The third-order valence-electron chi connectivity index (χ3n) is 4.43. The fourth-order valence-corrected chi connectivity index (χ4v) is 3.02. The van der Waals surface area contributed by atoms with Crippen molar-refractivity contribution in [1.29, 1.82) is 0 Å². The van der Waals surface area contributed by atoms with E-state index < -0.39 is 41.7 Å². The number of ether oxygens (including phenoxy) is 1. The predicted molar refractivity (Wildman–Crippen MR) is 88.8 cm³/mol. The Morgan fingerprint density at radius 2 is 2.04 bits per heavy atom. The van der Waals surface area contributed by atoms with Crippen molar-refractivity contribution in [3.8, 4) is 5.75 Å². The summed E-state index contributed by atoms with van der Waals surface area (Å²) in [5, 5.41) is 10.9. The zero-order valence-electron chi connectivity index (χ0n) is 14.1. The number of benzene rings is 1. The van der Waals surface area contributed by atoms with E-state index >= 15 is 0 Å². The number of rotatable bonds is 6. The van der Waals surface area contributed by atoms with Crippen molar-refractivity contribution in [2.45, 2.75) is 31.3 Å². The van der Waals surface area contributed by atoms with Gasteiger partial charge >= 0.3 is 5.97 Å². The van der Waals surface area contributed by atoms with Crippen molar-refractivity contribution >= 4 is 29.6 Å². The maximum atomic E-state index is 12.8. The van der Waals surface area contributed by atoms with Crippen LogP contribution in [-0.2, 0) is 14.4 Å². The molecule has 0 bridgehead atoms. The summed E-state index contributed by atoms with van der Waals surface area (Å²) in [6.45, 7) is -0.0657. The van der Waals surface area contributed by atoms with Crippen molar-refractivity contribution in [1.82, 2.24) is 10.2 Å². The molecule has 10 nitrogen and oxygen atoms in total. The van der Waals surface area contributed by atoms with Crippen LogP contribution in [-0.4, -0.2) is 58.3 Å². The van der Waals surface area contributed by atoms with Crippen LogP contribution >= 0.6 is 0 Å². The molecule has 3 rings (SSSR count). The van der Waals surface area contributed by atoms with Gasteiger partial charge in [-0.1, -0.05) is 6.07 Å². The fourth-order valence-electron chi connectivity index (χ4n) is 3.02. The Kier molecular flexibility index (Phi) is 4.91. The maximum absolute atomic E-state index is 12.8. The molecule has 2 heterocycles. The minimum absolute atomic E-state index is 0.0103. The van der Waals surface area contributed by atoms with E-state index in [1.807, 2.05) is 0 Å². The van der Waals surface area contributed by atoms with Crippen molar-refractivity contribution in [3.63, 3.8) is 0 Å². The van der Waals surface area contributed by atoms with Gasteiger partial charge in [-0.2, -0.15) is 0 Å². The first-order chi connectivity index (χ1) is 12.8. The zero-order chi connectivity index (χ0) is 19.7. The first kappa shape index (κ1) is 18.5. The number of carbonyl (C=O) groups is 5. The molecule has 1 aromatic rings. The Hall–Kier alpha value is -3.27. The van der Waals surface area contributed by atoms with Gasteiger partial charge in [0.1, 0.15) is 17.8 Å². The van der Waals surface area contributed by atoms with Crippen molar-refractivity contribution < 1.29 is 33.8 Å². The standard InChI is InChI=1S/C17H17N3O7/c18-9(17(25)26)6-7-27-11-3-1-2-8-13(11)16(24)20(15(8)23)10-4-5-12(21)19-14(10)22/h1-3,9-10H,4-7,18H2,(H,25,26)(H,19,21,22)/t9-,10?/m0/s1. The van der Waals surface area contributed by atoms with Crippen LogP contribution in [0.25, 0.3) is 0 Å². The molecule has 0 saturated carbocycles. The Balaban J connectivity index is 1.81.